The summed E-state index contributed by atoms with van der Waals surface area (Å²) in [5, 5.41) is 7.69. The maximum Gasteiger partial charge on any atom is 0.168 e. The summed E-state index contributed by atoms with van der Waals surface area (Å²) >= 11 is 2.19. The highest BCUT2D eigenvalue weighted by Crippen LogP contribution is 2.10. The summed E-state index contributed by atoms with van der Waals surface area (Å²) in [7, 11) is 1.78. The molecule has 0 bridgehead atoms. The Bertz CT molecular complexity index is 521. The highest BCUT2D eigenvalue weighted by atomic mass is 127. The molecule has 1 aromatic carbocycles. The molecule has 0 spiro atoms. The lowest BCUT2D eigenvalue weighted by atomic mass is 10.1. The third-order valence-corrected chi connectivity index (χ3v) is 2.81. The average molecular weight is 327 g/mol. The molecule has 0 aliphatic carbocycles. The highest BCUT2D eigenvalue weighted by molar-refractivity contribution is 14.1. The number of hydrogen-bond acceptors (Lipinski definition) is 3. The molecule has 0 aliphatic heterocycles. The zero-order valence-electron chi connectivity index (χ0n) is 8.72. The van der Waals surface area contributed by atoms with E-state index in [0.29, 0.717) is 12.1 Å². The summed E-state index contributed by atoms with van der Waals surface area (Å²) in [6.45, 7) is 0. The van der Waals surface area contributed by atoms with E-state index in [4.69, 9.17) is 0 Å². The number of ketones is 1. The molecule has 82 valence electrons. The predicted molar refractivity (Wildman–Crippen MR) is 68.2 cm³/mol. The van der Waals surface area contributed by atoms with Crippen LogP contribution in [0.1, 0.15) is 16.1 Å². The van der Waals surface area contributed by atoms with Crippen molar-refractivity contribution in [1.29, 1.82) is 0 Å². The van der Waals surface area contributed by atoms with Gasteiger partial charge >= 0.3 is 0 Å². The van der Waals surface area contributed by atoms with Gasteiger partial charge in [-0.15, -0.1) is 5.10 Å². The highest BCUT2D eigenvalue weighted by Gasteiger charge is 2.09. The van der Waals surface area contributed by atoms with Gasteiger partial charge in [-0.1, -0.05) is 17.3 Å². The number of carbonyl (C=O) groups is 1. The van der Waals surface area contributed by atoms with E-state index in [-0.39, 0.29) is 5.78 Å². The van der Waals surface area contributed by atoms with E-state index < -0.39 is 0 Å². The number of nitrogens with zero attached hydrogens (tertiary/aromatic N) is 3. The maximum absolute atomic E-state index is 11.9. The summed E-state index contributed by atoms with van der Waals surface area (Å²) in [4.78, 5) is 11.9. The van der Waals surface area contributed by atoms with Crippen LogP contribution >= 0.6 is 22.6 Å². The normalized spacial score (nSPS) is 10.4. The van der Waals surface area contributed by atoms with Crippen molar-refractivity contribution >= 4 is 28.4 Å². The monoisotopic (exact) mass is 327 g/mol. The Hall–Kier alpha value is -1.24. The second kappa shape index (κ2) is 4.73. The Morgan fingerprint density at radius 2 is 2.31 bits per heavy atom. The van der Waals surface area contributed by atoms with Gasteiger partial charge in [0.05, 0.1) is 12.1 Å². The van der Waals surface area contributed by atoms with Gasteiger partial charge in [-0.25, -0.2) is 0 Å². The van der Waals surface area contributed by atoms with Crippen LogP contribution in [0.5, 0.6) is 0 Å². The summed E-state index contributed by atoms with van der Waals surface area (Å²) in [5.74, 6) is 0.0685. The fourth-order valence-corrected chi connectivity index (χ4v) is 1.95. The molecule has 4 nitrogen and oxygen atoms in total. The standard InChI is InChI=1S/C11H10IN3O/c1-15-7-10(13-14-15)6-11(16)8-3-2-4-9(12)5-8/h2-5,7H,6H2,1H3. The molecule has 0 saturated carbocycles. The predicted octanol–water partition coefficient (Wildman–Crippen LogP) is 1.85. The Morgan fingerprint density at radius 3 is 2.94 bits per heavy atom. The van der Waals surface area contributed by atoms with Crippen molar-refractivity contribution in [1.82, 2.24) is 15.0 Å². The third kappa shape index (κ3) is 2.66. The van der Waals surface area contributed by atoms with Crippen molar-refractivity contribution < 1.29 is 4.79 Å². The minimum atomic E-state index is 0.0685. The molecule has 2 rings (SSSR count). The topological polar surface area (TPSA) is 47.8 Å². The number of hydrogen-bond donors (Lipinski definition) is 0. The smallest absolute Gasteiger partial charge is 0.168 e. The molecular formula is C11H10IN3O. The molecule has 1 aromatic heterocycles. The molecular weight excluding hydrogens is 317 g/mol. The van der Waals surface area contributed by atoms with Crippen molar-refractivity contribution in [2.24, 2.45) is 7.05 Å². The van der Waals surface area contributed by atoms with Crippen molar-refractivity contribution in [3.8, 4) is 0 Å². The molecule has 1 heterocycles. The SMILES string of the molecule is Cn1cc(CC(=O)c2cccc(I)c2)nn1. The first-order chi connectivity index (χ1) is 7.65. The quantitative estimate of drug-likeness (QED) is 0.638. The zero-order valence-corrected chi connectivity index (χ0v) is 10.9. The first-order valence-electron chi connectivity index (χ1n) is 4.79. The van der Waals surface area contributed by atoms with Crippen molar-refractivity contribution in [3.05, 3.63) is 45.3 Å². The zero-order chi connectivity index (χ0) is 11.5. The van der Waals surface area contributed by atoms with Crippen molar-refractivity contribution in [2.75, 3.05) is 0 Å². The maximum atomic E-state index is 11.9. The number of carbonyl (C=O) groups excluding carboxylic acids is 1. The van der Waals surface area contributed by atoms with Gasteiger partial charge < -0.3 is 0 Å². The second-order valence-electron chi connectivity index (χ2n) is 3.49. The number of Topliss-reactive ketones (excluding diaryl/α,β-unsaturated/α-hetero) is 1. The fraction of sp³-hybridized carbons (Fsp3) is 0.182. The van der Waals surface area contributed by atoms with E-state index in [0.717, 1.165) is 9.13 Å². The van der Waals surface area contributed by atoms with E-state index >= 15 is 0 Å². The van der Waals surface area contributed by atoms with Crippen LogP contribution in [0.15, 0.2) is 30.5 Å². The Morgan fingerprint density at radius 1 is 1.50 bits per heavy atom. The summed E-state index contributed by atoms with van der Waals surface area (Å²) < 4.78 is 2.65. The van der Waals surface area contributed by atoms with Gasteiger partial charge in [-0.2, -0.15) is 0 Å². The molecule has 0 fully saturated rings. The average Bonchev–Trinajstić information content (AvgIpc) is 2.64. The van der Waals surface area contributed by atoms with Crippen LogP contribution in [0, 0.1) is 3.57 Å². The number of aryl methyl sites for hydroxylation is 1. The van der Waals surface area contributed by atoms with Gasteiger partial charge in [0, 0.05) is 22.4 Å². The van der Waals surface area contributed by atoms with Crippen LogP contribution in [-0.2, 0) is 13.5 Å². The molecule has 0 unspecified atom stereocenters. The molecule has 0 saturated heterocycles. The molecule has 2 aromatic rings. The van der Waals surface area contributed by atoms with Crippen LogP contribution in [0.3, 0.4) is 0 Å². The number of aromatic nitrogens is 3. The van der Waals surface area contributed by atoms with Gasteiger partial charge in [0.1, 0.15) is 0 Å². The van der Waals surface area contributed by atoms with Gasteiger partial charge in [-0.05, 0) is 34.7 Å². The molecule has 5 heteroatoms. The van der Waals surface area contributed by atoms with E-state index in [9.17, 15) is 4.79 Å². The summed E-state index contributed by atoms with van der Waals surface area (Å²) in [6.07, 6.45) is 2.06. The third-order valence-electron chi connectivity index (χ3n) is 2.14. The fourth-order valence-electron chi connectivity index (χ4n) is 1.40. The van der Waals surface area contributed by atoms with Gasteiger partial charge in [-0.3, -0.25) is 9.48 Å². The van der Waals surface area contributed by atoms with E-state index in [1.165, 1.54) is 0 Å². The van der Waals surface area contributed by atoms with Crippen molar-refractivity contribution in [2.45, 2.75) is 6.42 Å². The Balaban J connectivity index is 2.14. The van der Waals surface area contributed by atoms with Gasteiger partial charge in [0.15, 0.2) is 5.78 Å². The first-order valence-corrected chi connectivity index (χ1v) is 5.87. The van der Waals surface area contributed by atoms with E-state index in [1.54, 1.807) is 17.9 Å². The lowest BCUT2D eigenvalue weighted by Gasteiger charge is -1.98. The van der Waals surface area contributed by atoms with Gasteiger partial charge in [0.2, 0.25) is 0 Å². The lowest BCUT2D eigenvalue weighted by Crippen LogP contribution is -2.04. The van der Waals surface area contributed by atoms with Crippen LogP contribution in [-0.4, -0.2) is 20.8 Å². The van der Waals surface area contributed by atoms with Crippen molar-refractivity contribution in [3.63, 3.8) is 0 Å². The molecule has 0 aliphatic rings. The number of benzene rings is 1. The summed E-state index contributed by atoms with van der Waals surface area (Å²) in [5.41, 5.74) is 1.42. The van der Waals surface area contributed by atoms with Crippen LogP contribution in [0.4, 0.5) is 0 Å². The minimum absolute atomic E-state index is 0.0685. The largest absolute Gasteiger partial charge is 0.294 e. The first kappa shape index (κ1) is 11.3. The number of rotatable bonds is 3. The Kier molecular flexibility index (Phi) is 3.33. The van der Waals surface area contributed by atoms with Crippen LogP contribution < -0.4 is 0 Å². The molecule has 0 N–H and O–H groups in total. The number of halogens is 1. The lowest BCUT2D eigenvalue weighted by molar-refractivity contribution is 0.0992. The van der Waals surface area contributed by atoms with E-state index in [2.05, 4.69) is 32.9 Å². The molecule has 0 atom stereocenters. The van der Waals surface area contributed by atoms with Crippen LogP contribution in [0.2, 0.25) is 0 Å². The van der Waals surface area contributed by atoms with E-state index in [1.807, 2.05) is 24.3 Å². The molecule has 0 amide bonds. The molecule has 0 radical (unpaired) electrons. The Labute approximate surface area is 107 Å². The van der Waals surface area contributed by atoms with Gasteiger partial charge in [0.25, 0.3) is 0 Å². The second-order valence-corrected chi connectivity index (χ2v) is 4.74. The minimum Gasteiger partial charge on any atom is -0.294 e. The van der Waals surface area contributed by atoms with Crippen LogP contribution in [0.25, 0.3) is 0 Å². The summed E-state index contributed by atoms with van der Waals surface area (Å²) in [6, 6.07) is 7.53. The molecule has 16 heavy (non-hydrogen) atoms.